The average molecular weight is 268 g/mol. The number of carbonyl (C=O) groups excluding carboxylic acids is 1. The molecule has 0 rings (SSSR count). The molecule has 0 saturated heterocycles. The van der Waals surface area contributed by atoms with Crippen molar-refractivity contribution in [1.29, 1.82) is 0 Å². The molecule has 0 radical (unpaired) electrons. The van der Waals surface area contributed by atoms with Gasteiger partial charge in [-0.1, -0.05) is 0 Å². The normalized spacial score (nSPS) is 11.9. The third-order valence-corrected chi connectivity index (χ3v) is 1.20. The summed E-state index contributed by atoms with van der Waals surface area (Å²) in [6.45, 7) is 0. The van der Waals surface area contributed by atoms with Crippen LogP contribution in [0.25, 0.3) is 0 Å². The van der Waals surface area contributed by atoms with Gasteiger partial charge in [-0.2, -0.15) is 0 Å². The van der Waals surface area contributed by atoms with Crippen LogP contribution in [-0.2, 0) is 24.3 Å². The third kappa shape index (κ3) is 11.3. The molecule has 0 aliphatic heterocycles. The van der Waals surface area contributed by atoms with Gasteiger partial charge in [0.25, 0.3) is 0 Å². The van der Waals surface area contributed by atoms with Crippen molar-refractivity contribution in [3.05, 3.63) is 0 Å². The standard InChI is InChI=1S/CH2Cl3OP.Ru/c2-6(3,4)1-5;/h1,6H;. The monoisotopic (exact) mass is 268 g/mol. The Morgan fingerprint density at radius 3 is 1.43 bits per heavy atom. The van der Waals surface area contributed by atoms with Crippen molar-refractivity contribution in [2.75, 3.05) is 0 Å². The summed E-state index contributed by atoms with van der Waals surface area (Å²) in [6, 6.07) is 0.373. The number of hydrogen-bond donors (Lipinski definition) is 0. The minimum absolute atomic E-state index is 0. The van der Waals surface area contributed by atoms with Crippen molar-refractivity contribution in [2.45, 2.75) is 0 Å². The van der Waals surface area contributed by atoms with Crippen LogP contribution in [0, 0.1) is 0 Å². The molecule has 0 spiro atoms. The van der Waals surface area contributed by atoms with E-state index in [1.807, 2.05) is 0 Å². The van der Waals surface area contributed by atoms with Gasteiger partial charge in [-0.25, -0.2) is 0 Å². The summed E-state index contributed by atoms with van der Waals surface area (Å²) in [5.74, 6) is 0. The van der Waals surface area contributed by atoms with Gasteiger partial charge in [0.15, 0.2) is 0 Å². The zero-order chi connectivity index (χ0) is 5.21. The Morgan fingerprint density at radius 2 is 1.43 bits per heavy atom. The number of carbonyl (C=O) groups is 1. The van der Waals surface area contributed by atoms with Gasteiger partial charge in [-0.3, -0.25) is 0 Å². The minimum atomic E-state index is -2.90. The number of rotatable bonds is 1. The first-order valence-electron chi connectivity index (χ1n) is 1.09. The molecular weight excluding hydrogens is 266 g/mol. The molecule has 0 heterocycles. The van der Waals surface area contributed by atoms with Crippen LogP contribution in [0.4, 0.5) is 0 Å². The Labute approximate surface area is 69.2 Å². The fraction of sp³-hybridized carbons (Fsp3) is 0. The number of hydrogen-bond acceptors (Lipinski definition) is 1. The Bertz CT molecular complexity index is 60.4. The second kappa shape index (κ2) is 4.47. The van der Waals surface area contributed by atoms with Gasteiger partial charge in [0, 0.05) is 19.5 Å². The SMILES string of the molecule is O=C[PH](Cl)(Cl)Cl.[Ru]. The molecule has 0 aliphatic carbocycles. The van der Waals surface area contributed by atoms with Gasteiger partial charge in [-0.05, 0) is 0 Å². The molecule has 0 aromatic rings. The predicted octanol–water partition coefficient (Wildman–Crippen LogP) is 2.39. The third-order valence-electron chi connectivity index (χ3n) is 0.134. The van der Waals surface area contributed by atoms with E-state index in [4.69, 9.17) is 33.7 Å². The average Bonchev–Trinajstić information content (AvgIpc) is 1.35. The van der Waals surface area contributed by atoms with E-state index in [2.05, 4.69) is 0 Å². The molecule has 46 valence electrons. The number of halogens is 3. The molecule has 0 aromatic heterocycles. The van der Waals surface area contributed by atoms with Crippen LogP contribution in [0.15, 0.2) is 0 Å². The zero-order valence-corrected chi connectivity index (χ0v) is 7.98. The first-order valence-corrected chi connectivity index (χ1v) is 6.20. The van der Waals surface area contributed by atoms with Crippen LogP contribution in [0.3, 0.4) is 0 Å². The minimum Gasteiger partial charge on any atom is 0 e. The quantitative estimate of drug-likeness (QED) is 0.405. The van der Waals surface area contributed by atoms with Crippen molar-refractivity contribution in [3.63, 3.8) is 0 Å². The van der Waals surface area contributed by atoms with E-state index in [1.165, 1.54) is 0 Å². The van der Waals surface area contributed by atoms with Crippen LogP contribution < -0.4 is 0 Å². The first-order chi connectivity index (χ1) is 2.56. The molecule has 0 amide bonds. The summed E-state index contributed by atoms with van der Waals surface area (Å²) in [6.07, 6.45) is 0. The fourth-order valence-electron chi connectivity index (χ4n) is 0. The molecule has 0 atom stereocenters. The largest absolute Gasteiger partial charge is 0 e. The topological polar surface area (TPSA) is 17.1 Å². The van der Waals surface area contributed by atoms with Crippen LogP contribution in [-0.4, -0.2) is 6.03 Å². The molecule has 0 aliphatic rings. The van der Waals surface area contributed by atoms with Gasteiger partial charge in [0.05, 0.1) is 0 Å². The van der Waals surface area contributed by atoms with Gasteiger partial charge >= 0.3 is 49.9 Å². The summed E-state index contributed by atoms with van der Waals surface area (Å²) in [5.41, 5.74) is 0. The van der Waals surface area contributed by atoms with E-state index >= 15 is 0 Å². The van der Waals surface area contributed by atoms with Crippen LogP contribution in [0.2, 0.25) is 0 Å². The first kappa shape index (κ1) is 11.4. The summed E-state index contributed by atoms with van der Waals surface area (Å²) in [4.78, 5) is 9.49. The van der Waals surface area contributed by atoms with Gasteiger partial charge in [0.2, 0.25) is 0 Å². The second-order valence-electron chi connectivity index (χ2n) is 0.659. The van der Waals surface area contributed by atoms with Crippen molar-refractivity contribution < 1.29 is 24.3 Å². The van der Waals surface area contributed by atoms with E-state index in [0.717, 1.165) is 0 Å². The maximum absolute atomic E-state index is 9.49. The molecule has 1 nitrogen and oxygen atoms in total. The molecule has 0 N–H and O–H groups in total. The summed E-state index contributed by atoms with van der Waals surface area (Å²) in [7, 11) is 0. The molecule has 0 fully saturated rings. The maximum atomic E-state index is 9.49. The van der Waals surface area contributed by atoms with Crippen molar-refractivity contribution in [1.82, 2.24) is 0 Å². The predicted molar refractivity (Wildman–Crippen MR) is 32.6 cm³/mol. The van der Waals surface area contributed by atoms with Gasteiger partial charge in [-0.15, -0.1) is 0 Å². The summed E-state index contributed by atoms with van der Waals surface area (Å²) >= 11 is 15.1. The molecule has 7 heavy (non-hydrogen) atoms. The van der Waals surface area contributed by atoms with E-state index < -0.39 is 5.32 Å². The van der Waals surface area contributed by atoms with E-state index in [9.17, 15) is 4.79 Å². The maximum Gasteiger partial charge on any atom is 0 e. The summed E-state index contributed by atoms with van der Waals surface area (Å²) in [5, 5.41) is -2.90. The Morgan fingerprint density at radius 1 is 1.29 bits per heavy atom. The van der Waals surface area contributed by atoms with Crippen LogP contribution in [0.5, 0.6) is 0 Å². The fourth-order valence-corrected chi connectivity index (χ4v) is 0. The Balaban J connectivity index is 0. The Hall–Kier alpha value is 1.59. The zero-order valence-electron chi connectivity index (χ0n) is 2.97. The smallest absolute Gasteiger partial charge is 0 e. The van der Waals surface area contributed by atoms with Gasteiger partial charge < -0.3 is 0 Å². The van der Waals surface area contributed by atoms with E-state index in [-0.39, 0.29) is 19.5 Å². The van der Waals surface area contributed by atoms with Crippen LogP contribution in [0.1, 0.15) is 0 Å². The van der Waals surface area contributed by atoms with Crippen molar-refractivity contribution in [3.8, 4) is 0 Å². The Kier molecular flexibility index (Phi) is 7.28. The molecule has 0 unspecified atom stereocenters. The molecule has 0 saturated carbocycles. The second-order valence-corrected chi connectivity index (χ2v) is 9.09. The van der Waals surface area contributed by atoms with Crippen molar-refractivity contribution >= 4 is 45.1 Å². The molecule has 0 aromatic carbocycles. The molecular formula is CH2Cl3OPRu. The van der Waals surface area contributed by atoms with E-state index in [1.54, 1.807) is 0 Å². The summed E-state index contributed by atoms with van der Waals surface area (Å²) < 4.78 is 0. The van der Waals surface area contributed by atoms with E-state index in [0.29, 0.717) is 6.03 Å². The van der Waals surface area contributed by atoms with Crippen LogP contribution >= 0.6 is 39.0 Å². The molecule has 0 bridgehead atoms. The molecule has 6 heteroatoms. The van der Waals surface area contributed by atoms with Gasteiger partial charge in [0.1, 0.15) is 0 Å². The van der Waals surface area contributed by atoms with Crippen molar-refractivity contribution in [2.24, 2.45) is 0 Å².